The second kappa shape index (κ2) is 6.92. The van der Waals surface area contributed by atoms with Crippen LogP contribution in [0.15, 0.2) is 77.1 Å². The van der Waals surface area contributed by atoms with Crippen molar-refractivity contribution in [3.63, 3.8) is 0 Å². The van der Waals surface area contributed by atoms with Gasteiger partial charge in [0.25, 0.3) is 0 Å². The average molecular weight is 358 g/mol. The lowest BCUT2D eigenvalue weighted by Gasteiger charge is -2.02. The highest BCUT2D eigenvalue weighted by Gasteiger charge is 2.16. The lowest BCUT2D eigenvalue weighted by molar-refractivity contribution is 0.415. The van der Waals surface area contributed by atoms with Gasteiger partial charge in [-0.3, -0.25) is 4.40 Å². The van der Waals surface area contributed by atoms with Crippen LogP contribution in [-0.2, 0) is 0 Å². The molecule has 0 fully saturated rings. The smallest absolute Gasteiger partial charge is 0.187 e. The van der Waals surface area contributed by atoms with Crippen molar-refractivity contribution in [1.82, 2.24) is 9.38 Å². The van der Waals surface area contributed by atoms with Gasteiger partial charge in [-0.15, -0.1) is 10.2 Å². The van der Waals surface area contributed by atoms with E-state index in [9.17, 15) is 5.11 Å². The highest BCUT2D eigenvalue weighted by molar-refractivity contribution is 5.76. The molecule has 0 radical (unpaired) electrons. The SMILES string of the molecule is COc1ccc(-c2nc3c(O)cccn3c2N=Nc2cccc(C)c2)cc1. The zero-order chi connectivity index (χ0) is 18.8. The van der Waals surface area contributed by atoms with Crippen LogP contribution in [0.25, 0.3) is 16.9 Å². The summed E-state index contributed by atoms with van der Waals surface area (Å²) in [6, 6.07) is 18.7. The number of aromatic hydroxyl groups is 1. The Bertz CT molecular complexity index is 1130. The summed E-state index contributed by atoms with van der Waals surface area (Å²) < 4.78 is 6.95. The summed E-state index contributed by atoms with van der Waals surface area (Å²) in [7, 11) is 1.62. The molecule has 0 aliphatic carbocycles. The first-order valence-corrected chi connectivity index (χ1v) is 8.48. The first-order chi connectivity index (χ1) is 13.2. The molecule has 2 heterocycles. The minimum absolute atomic E-state index is 0.0873. The van der Waals surface area contributed by atoms with Gasteiger partial charge in [-0.1, -0.05) is 12.1 Å². The Morgan fingerprint density at radius 2 is 1.81 bits per heavy atom. The van der Waals surface area contributed by atoms with E-state index in [1.165, 1.54) is 0 Å². The van der Waals surface area contributed by atoms with E-state index in [0.717, 1.165) is 22.6 Å². The van der Waals surface area contributed by atoms with Crippen molar-refractivity contribution >= 4 is 17.2 Å². The van der Waals surface area contributed by atoms with E-state index in [0.29, 0.717) is 17.2 Å². The maximum absolute atomic E-state index is 10.2. The Labute approximate surface area is 156 Å². The molecule has 2 aromatic heterocycles. The van der Waals surface area contributed by atoms with Crippen LogP contribution in [0.5, 0.6) is 11.5 Å². The highest BCUT2D eigenvalue weighted by Crippen LogP contribution is 2.35. The second-order valence-corrected chi connectivity index (χ2v) is 6.14. The van der Waals surface area contributed by atoms with Crippen LogP contribution in [0.1, 0.15) is 5.56 Å². The molecule has 0 bridgehead atoms. The van der Waals surface area contributed by atoms with E-state index in [1.807, 2.05) is 55.5 Å². The fraction of sp³-hybridized carbons (Fsp3) is 0.0952. The van der Waals surface area contributed by atoms with E-state index in [1.54, 1.807) is 29.8 Å². The normalized spacial score (nSPS) is 11.3. The summed E-state index contributed by atoms with van der Waals surface area (Å²) in [5, 5.41) is 19.0. The van der Waals surface area contributed by atoms with Crippen molar-refractivity contribution in [1.29, 1.82) is 0 Å². The largest absolute Gasteiger partial charge is 0.504 e. The molecule has 0 aliphatic heterocycles. The summed E-state index contributed by atoms with van der Waals surface area (Å²) in [4.78, 5) is 4.59. The highest BCUT2D eigenvalue weighted by atomic mass is 16.5. The summed E-state index contributed by atoms with van der Waals surface area (Å²) in [6.45, 7) is 2.01. The molecule has 0 spiro atoms. The molecule has 0 aliphatic rings. The number of fused-ring (bicyclic) bond motifs is 1. The van der Waals surface area contributed by atoms with Crippen molar-refractivity contribution < 1.29 is 9.84 Å². The van der Waals surface area contributed by atoms with Crippen molar-refractivity contribution in [2.75, 3.05) is 7.11 Å². The molecule has 2 aromatic carbocycles. The van der Waals surface area contributed by atoms with Gasteiger partial charge in [0.15, 0.2) is 17.2 Å². The van der Waals surface area contributed by atoms with Crippen LogP contribution in [0, 0.1) is 6.92 Å². The van der Waals surface area contributed by atoms with Crippen LogP contribution in [0.3, 0.4) is 0 Å². The topological polar surface area (TPSA) is 71.5 Å². The zero-order valence-electron chi connectivity index (χ0n) is 15.0. The fourth-order valence-electron chi connectivity index (χ4n) is 2.87. The molecule has 0 atom stereocenters. The van der Waals surface area contributed by atoms with E-state index in [2.05, 4.69) is 15.2 Å². The Morgan fingerprint density at radius 1 is 1.00 bits per heavy atom. The number of benzene rings is 2. The number of pyridine rings is 1. The molecule has 134 valence electrons. The third-order valence-corrected chi connectivity index (χ3v) is 4.23. The number of rotatable bonds is 4. The van der Waals surface area contributed by atoms with Crippen molar-refractivity contribution in [3.05, 3.63) is 72.4 Å². The molecule has 6 nitrogen and oxygen atoms in total. The fourth-order valence-corrected chi connectivity index (χ4v) is 2.87. The molecule has 0 saturated carbocycles. The van der Waals surface area contributed by atoms with Crippen LogP contribution >= 0.6 is 0 Å². The van der Waals surface area contributed by atoms with Gasteiger partial charge in [0.1, 0.15) is 11.4 Å². The summed E-state index contributed by atoms with van der Waals surface area (Å²) in [5.74, 6) is 1.39. The predicted octanol–water partition coefficient (Wildman–Crippen LogP) is 5.44. The number of ether oxygens (including phenoxy) is 1. The standard InChI is InChI=1S/C21H18N4O2/c1-14-5-3-6-16(13-14)23-24-21-19(15-8-10-17(27-2)11-9-15)22-20-18(26)7-4-12-25(20)21/h3-13,26H,1-2H3. The van der Waals surface area contributed by atoms with Gasteiger partial charge >= 0.3 is 0 Å². The van der Waals surface area contributed by atoms with Crippen LogP contribution in [0.4, 0.5) is 11.5 Å². The first kappa shape index (κ1) is 16.8. The van der Waals surface area contributed by atoms with Gasteiger partial charge < -0.3 is 9.84 Å². The molecule has 0 amide bonds. The molecule has 4 rings (SSSR count). The number of hydrogen-bond donors (Lipinski definition) is 1. The average Bonchev–Trinajstić information content (AvgIpc) is 3.06. The van der Waals surface area contributed by atoms with Crippen molar-refractivity contribution in [3.8, 4) is 22.8 Å². The van der Waals surface area contributed by atoms with Crippen LogP contribution in [-0.4, -0.2) is 21.6 Å². The molecule has 27 heavy (non-hydrogen) atoms. The lowest BCUT2D eigenvalue weighted by atomic mass is 10.1. The quantitative estimate of drug-likeness (QED) is 0.494. The number of imidazole rings is 1. The third-order valence-electron chi connectivity index (χ3n) is 4.23. The molecular formula is C21H18N4O2. The number of nitrogens with zero attached hydrogens (tertiary/aromatic N) is 4. The number of methoxy groups -OCH3 is 1. The summed E-state index contributed by atoms with van der Waals surface area (Å²) in [5.41, 5.74) is 3.79. The monoisotopic (exact) mass is 358 g/mol. The van der Waals surface area contributed by atoms with Crippen LogP contribution < -0.4 is 4.74 Å². The first-order valence-electron chi connectivity index (χ1n) is 8.48. The zero-order valence-corrected chi connectivity index (χ0v) is 15.0. The Balaban J connectivity index is 1.87. The summed E-state index contributed by atoms with van der Waals surface area (Å²) in [6.07, 6.45) is 1.81. The molecule has 6 heteroatoms. The van der Waals surface area contributed by atoms with Crippen molar-refractivity contribution in [2.24, 2.45) is 10.2 Å². The van der Waals surface area contributed by atoms with Gasteiger partial charge in [-0.2, -0.15) is 0 Å². The third kappa shape index (κ3) is 3.25. The molecular weight excluding hydrogens is 340 g/mol. The van der Waals surface area contributed by atoms with Gasteiger partial charge in [0, 0.05) is 11.8 Å². The number of azo groups is 1. The van der Waals surface area contributed by atoms with Crippen LogP contribution in [0.2, 0.25) is 0 Å². The van der Waals surface area contributed by atoms with E-state index in [-0.39, 0.29) is 5.75 Å². The predicted molar refractivity (Wildman–Crippen MR) is 104 cm³/mol. The van der Waals surface area contributed by atoms with E-state index >= 15 is 0 Å². The van der Waals surface area contributed by atoms with Gasteiger partial charge in [0.2, 0.25) is 0 Å². The molecule has 0 unspecified atom stereocenters. The summed E-state index contributed by atoms with van der Waals surface area (Å²) >= 11 is 0. The molecule has 1 N–H and O–H groups in total. The maximum atomic E-state index is 10.2. The Kier molecular flexibility index (Phi) is 4.30. The van der Waals surface area contributed by atoms with Crippen molar-refractivity contribution in [2.45, 2.75) is 6.92 Å². The molecule has 4 aromatic rings. The van der Waals surface area contributed by atoms with E-state index in [4.69, 9.17) is 4.74 Å². The number of aryl methyl sites for hydroxylation is 1. The van der Waals surface area contributed by atoms with E-state index < -0.39 is 0 Å². The number of hydrogen-bond acceptors (Lipinski definition) is 5. The lowest BCUT2D eigenvalue weighted by Crippen LogP contribution is -1.84. The maximum Gasteiger partial charge on any atom is 0.187 e. The molecule has 0 saturated heterocycles. The minimum atomic E-state index is 0.0873. The Morgan fingerprint density at radius 3 is 2.56 bits per heavy atom. The number of aromatic nitrogens is 2. The van der Waals surface area contributed by atoms with Gasteiger partial charge in [-0.05, 0) is 61.0 Å². The second-order valence-electron chi connectivity index (χ2n) is 6.14. The minimum Gasteiger partial charge on any atom is -0.504 e. The van der Waals surface area contributed by atoms with Gasteiger partial charge in [0.05, 0.1) is 12.8 Å². The van der Waals surface area contributed by atoms with Gasteiger partial charge in [-0.25, -0.2) is 4.98 Å². The Hall–Kier alpha value is -3.67.